The molecule has 1 atom stereocenters. The summed E-state index contributed by atoms with van der Waals surface area (Å²) in [4.78, 5) is 23.1. The maximum Gasteiger partial charge on any atom is 0.320 e. The average molecular weight is 479 g/mol. The van der Waals surface area contributed by atoms with E-state index < -0.39 is 5.60 Å². The number of carbonyl (C=O) groups excluding carboxylic acids is 1. The molecule has 6 heteroatoms. The van der Waals surface area contributed by atoms with Gasteiger partial charge in [-0.1, -0.05) is 45.0 Å². The largest absolute Gasteiger partial charge is 0.380 e. The van der Waals surface area contributed by atoms with Crippen LogP contribution in [0.4, 0.5) is 4.79 Å². The van der Waals surface area contributed by atoms with Gasteiger partial charge in [0.15, 0.2) is 0 Å². The molecule has 6 nitrogen and oxygen atoms in total. The molecule has 2 aliphatic rings. The SMILES string of the molecule is CC(C)c1ccc([C@](O)(c2cncc(CCC(C)(C)N3CCN(C)C3=O)c2)C2(C)CN(C)C2)cc1. The van der Waals surface area contributed by atoms with Gasteiger partial charge in [-0.3, -0.25) is 4.98 Å². The minimum atomic E-state index is -1.14. The fourth-order valence-corrected chi connectivity index (χ4v) is 5.96. The molecule has 1 aromatic heterocycles. The summed E-state index contributed by atoms with van der Waals surface area (Å²) >= 11 is 0. The molecule has 2 amide bonds. The van der Waals surface area contributed by atoms with Gasteiger partial charge in [0.2, 0.25) is 0 Å². The van der Waals surface area contributed by atoms with Gasteiger partial charge in [0.1, 0.15) is 5.60 Å². The van der Waals surface area contributed by atoms with Crippen LogP contribution in [0.15, 0.2) is 42.7 Å². The van der Waals surface area contributed by atoms with E-state index in [4.69, 9.17) is 0 Å². The predicted octanol–water partition coefficient (Wildman–Crippen LogP) is 4.47. The third-order valence-electron chi connectivity index (χ3n) is 8.29. The van der Waals surface area contributed by atoms with Crippen molar-refractivity contribution >= 4 is 6.03 Å². The molecule has 0 radical (unpaired) electrons. The Morgan fingerprint density at radius 3 is 2.26 bits per heavy atom. The van der Waals surface area contributed by atoms with Gasteiger partial charge >= 0.3 is 6.03 Å². The highest BCUT2D eigenvalue weighted by Crippen LogP contribution is 2.50. The smallest absolute Gasteiger partial charge is 0.320 e. The number of carbonyl (C=O) groups is 1. The van der Waals surface area contributed by atoms with E-state index in [9.17, 15) is 9.90 Å². The molecule has 0 bridgehead atoms. The zero-order valence-electron chi connectivity index (χ0n) is 22.5. The van der Waals surface area contributed by atoms with Crippen molar-refractivity contribution in [1.82, 2.24) is 19.7 Å². The van der Waals surface area contributed by atoms with E-state index in [-0.39, 0.29) is 17.0 Å². The van der Waals surface area contributed by atoms with Crippen molar-refractivity contribution in [2.45, 2.75) is 64.5 Å². The van der Waals surface area contributed by atoms with E-state index in [1.54, 1.807) is 4.90 Å². The number of hydrogen-bond acceptors (Lipinski definition) is 4. The lowest BCUT2D eigenvalue weighted by molar-refractivity contribution is -0.127. The van der Waals surface area contributed by atoms with Gasteiger partial charge in [-0.2, -0.15) is 0 Å². The second-order valence-corrected chi connectivity index (χ2v) is 12.0. The third kappa shape index (κ3) is 4.58. The molecule has 0 spiro atoms. The van der Waals surface area contributed by atoms with E-state index in [1.807, 2.05) is 24.3 Å². The Labute approximate surface area is 211 Å². The fraction of sp³-hybridized carbons (Fsp3) is 0.586. The van der Waals surface area contributed by atoms with Crippen LogP contribution in [0.2, 0.25) is 0 Å². The van der Waals surface area contributed by atoms with Crippen molar-refractivity contribution in [2.24, 2.45) is 5.41 Å². The number of pyridine rings is 1. The second-order valence-electron chi connectivity index (χ2n) is 12.0. The molecule has 190 valence electrons. The number of likely N-dealkylation sites (tertiary alicyclic amines) is 1. The lowest BCUT2D eigenvalue weighted by atomic mass is 9.62. The number of likely N-dealkylation sites (N-methyl/N-ethyl adjacent to an activating group) is 1. The Morgan fingerprint density at radius 2 is 1.71 bits per heavy atom. The number of nitrogens with zero attached hydrogens (tertiary/aromatic N) is 4. The van der Waals surface area contributed by atoms with E-state index in [2.05, 4.69) is 81.9 Å². The first-order chi connectivity index (χ1) is 16.4. The van der Waals surface area contributed by atoms with Crippen LogP contribution >= 0.6 is 0 Å². The molecular weight excluding hydrogens is 436 g/mol. The topological polar surface area (TPSA) is 59.9 Å². The Hall–Kier alpha value is -2.44. The molecule has 0 unspecified atom stereocenters. The number of urea groups is 1. The average Bonchev–Trinajstić information content (AvgIpc) is 3.15. The molecule has 35 heavy (non-hydrogen) atoms. The number of rotatable bonds is 8. The van der Waals surface area contributed by atoms with E-state index in [1.165, 1.54) is 5.56 Å². The Morgan fingerprint density at radius 1 is 1.06 bits per heavy atom. The molecule has 2 fully saturated rings. The zero-order valence-corrected chi connectivity index (χ0v) is 22.5. The normalized spacial score (nSPS) is 20.3. The van der Waals surface area contributed by atoms with Crippen LogP contribution in [0.3, 0.4) is 0 Å². The first kappa shape index (κ1) is 25.6. The van der Waals surface area contributed by atoms with Crippen LogP contribution in [0, 0.1) is 5.41 Å². The first-order valence-electron chi connectivity index (χ1n) is 12.9. The van der Waals surface area contributed by atoms with Crippen LogP contribution in [0.25, 0.3) is 0 Å². The van der Waals surface area contributed by atoms with Crippen LogP contribution in [-0.2, 0) is 12.0 Å². The van der Waals surface area contributed by atoms with Gasteiger partial charge in [-0.25, -0.2) is 4.79 Å². The molecule has 3 heterocycles. The number of amides is 2. The number of benzene rings is 1. The lowest BCUT2D eigenvalue weighted by Gasteiger charge is -2.56. The van der Waals surface area contributed by atoms with Crippen LogP contribution < -0.4 is 0 Å². The molecule has 2 saturated heterocycles. The van der Waals surface area contributed by atoms with Crippen LogP contribution in [-0.4, -0.2) is 76.6 Å². The summed E-state index contributed by atoms with van der Waals surface area (Å²) in [6.07, 6.45) is 5.35. The zero-order chi connectivity index (χ0) is 25.6. The van der Waals surface area contributed by atoms with E-state index >= 15 is 0 Å². The van der Waals surface area contributed by atoms with Gasteiger partial charge in [0.25, 0.3) is 0 Å². The molecule has 1 N–H and O–H groups in total. The van der Waals surface area contributed by atoms with E-state index in [0.717, 1.165) is 55.7 Å². The van der Waals surface area contributed by atoms with Crippen molar-refractivity contribution < 1.29 is 9.90 Å². The van der Waals surface area contributed by atoms with Gasteiger partial charge in [0.05, 0.1) is 0 Å². The highest BCUT2D eigenvalue weighted by atomic mass is 16.3. The summed E-state index contributed by atoms with van der Waals surface area (Å²) in [7, 11) is 3.96. The van der Waals surface area contributed by atoms with Crippen molar-refractivity contribution in [2.75, 3.05) is 40.3 Å². The Kier molecular flexibility index (Phi) is 6.75. The predicted molar refractivity (Wildman–Crippen MR) is 141 cm³/mol. The molecule has 1 aromatic carbocycles. The standard InChI is InChI=1S/C29H42N4O2/c1-21(2)23-8-10-24(11-9-23)29(35,28(5)19-31(6)20-28)25-16-22(17-30-18-25)12-13-27(3,4)33-15-14-32(7)26(33)34/h8-11,16-18,21,35H,12-15,19-20H2,1-7H3/t29-/m0/s1. The number of hydrogen-bond donors (Lipinski definition) is 1. The van der Waals surface area contributed by atoms with Crippen molar-refractivity contribution in [3.63, 3.8) is 0 Å². The monoisotopic (exact) mass is 478 g/mol. The number of aliphatic hydroxyl groups is 1. The summed E-state index contributed by atoms with van der Waals surface area (Å²) < 4.78 is 0. The Bertz CT molecular complexity index is 1060. The van der Waals surface area contributed by atoms with Crippen molar-refractivity contribution in [3.05, 3.63) is 65.0 Å². The second kappa shape index (κ2) is 9.21. The fourth-order valence-electron chi connectivity index (χ4n) is 5.96. The van der Waals surface area contributed by atoms with Crippen LogP contribution in [0.5, 0.6) is 0 Å². The number of aromatic nitrogens is 1. The summed E-state index contributed by atoms with van der Waals surface area (Å²) in [6.45, 7) is 14.0. The van der Waals surface area contributed by atoms with Gasteiger partial charge in [-0.05, 0) is 62.4 Å². The Balaban J connectivity index is 1.63. The van der Waals surface area contributed by atoms with Crippen molar-refractivity contribution in [1.29, 1.82) is 0 Å². The minimum absolute atomic E-state index is 0.100. The van der Waals surface area contributed by atoms with Gasteiger partial charge in [0, 0.05) is 62.1 Å². The van der Waals surface area contributed by atoms with Gasteiger partial charge < -0.3 is 19.8 Å². The number of aryl methyl sites for hydroxylation is 1. The molecular formula is C29H42N4O2. The highest BCUT2D eigenvalue weighted by molar-refractivity contribution is 5.77. The lowest BCUT2D eigenvalue weighted by Crippen LogP contribution is -2.63. The molecule has 2 aliphatic heterocycles. The molecule has 4 rings (SSSR count). The maximum absolute atomic E-state index is 12.6. The summed E-state index contributed by atoms with van der Waals surface area (Å²) in [5, 5.41) is 12.4. The first-order valence-corrected chi connectivity index (χ1v) is 12.9. The highest BCUT2D eigenvalue weighted by Gasteiger charge is 2.55. The summed E-state index contributed by atoms with van der Waals surface area (Å²) in [5.41, 5.74) is 2.42. The summed E-state index contributed by atoms with van der Waals surface area (Å²) in [5.74, 6) is 0.443. The quantitative estimate of drug-likeness (QED) is 0.608. The summed E-state index contributed by atoms with van der Waals surface area (Å²) in [6, 6.07) is 10.7. The van der Waals surface area contributed by atoms with Crippen molar-refractivity contribution in [3.8, 4) is 0 Å². The molecule has 0 saturated carbocycles. The molecule has 0 aliphatic carbocycles. The maximum atomic E-state index is 12.6. The minimum Gasteiger partial charge on any atom is -0.380 e. The molecule has 2 aromatic rings. The van der Waals surface area contributed by atoms with E-state index in [0.29, 0.717) is 5.92 Å². The van der Waals surface area contributed by atoms with Gasteiger partial charge in [-0.15, -0.1) is 0 Å². The third-order valence-corrected chi connectivity index (χ3v) is 8.29. The van der Waals surface area contributed by atoms with Crippen LogP contribution in [0.1, 0.15) is 69.2 Å².